The number of nitrogens with zero attached hydrogens (tertiary/aromatic N) is 3. The monoisotopic (exact) mass is 613 g/mol. The number of aromatic nitrogens is 2. The Kier molecular flexibility index (Phi) is 8.56. The Morgan fingerprint density at radius 3 is 2.30 bits per heavy atom. The molecule has 9 heteroatoms. The standard InChI is InChI=1S/C37H35N5O4/c1-24-9-13-28(14-10-24)39-36(43)22-41-27(4)33(32-7-5-6-8-34(32)41)21-38-40-37(44)35-20-19-31(46-35)23-45-30-17-15-29(16-18-30)42-25(2)11-12-26(42)3/h5-21H,22-23H2,1-4H3,(H,39,43)(H,40,44)/b38-21+. The fourth-order valence-electron chi connectivity index (χ4n) is 5.52. The number of carbonyl (C=O) groups excluding carboxylic acids is 2. The lowest BCUT2D eigenvalue weighted by Crippen LogP contribution is -2.19. The van der Waals surface area contributed by atoms with E-state index in [2.05, 4.69) is 46.4 Å². The summed E-state index contributed by atoms with van der Waals surface area (Å²) >= 11 is 0. The largest absolute Gasteiger partial charge is 0.486 e. The molecule has 3 aromatic carbocycles. The van der Waals surface area contributed by atoms with Crippen LogP contribution < -0.4 is 15.5 Å². The Hall–Kier alpha value is -5.83. The summed E-state index contributed by atoms with van der Waals surface area (Å²) in [5.74, 6) is 0.708. The number of hydrazone groups is 1. The summed E-state index contributed by atoms with van der Waals surface area (Å²) < 4.78 is 15.7. The minimum atomic E-state index is -0.483. The zero-order valence-electron chi connectivity index (χ0n) is 26.2. The fourth-order valence-corrected chi connectivity index (χ4v) is 5.52. The normalized spacial score (nSPS) is 11.3. The maximum absolute atomic E-state index is 12.9. The average Bonchev–Trinajstić information content (AvgIpc) is 3.74. The highest BCUT2D eigenvalue weighted by molar-refractivity contribution is 6.02. The van der Waals surface area contributed by atoms with Crippen LogP contribution in [-0.2, 0) is 17.9 Å². The van der Waals surface area contributed by atoms with Crippen molar-refractivity contribution in [1.82, 2.24) is 14.6 Å². The zero-order valence-corrected chi connectivity index (χ0v) is 26.2. The van der Waals surface area contributed by atoms with Crippen molar-refractivity contribution in [3.63, 3.8) is 0 Å². The number of aryl methyl sites for hydroxylation is 3. The molecular formula is C37H35N5O4. The number of furan rings is 1. The Labute approximate surface area is 267 Å². The molecule has 0 saturated heterocycles. The molecule has 6 aromatic rings. The second-order valence-corrected chi connectivity index (χ2v) is 11.2. The number of para-hydroxylation sites is 1. The first-order valence-electron chi connectivity index (χ1n) is 15.0. The molecule has 0 atom stereocenters. The molecule has 0 aliphatic rings. The van der Waals surface area contributed by atoms with E-state index < -0.39 is 5.91 Å². The first kappa shape index (κ1) is 30.2. The van der Waals surface area contributed by atoms with Crippen LogP contribution in [0.1, 0.15) is 44.5 Å². The van der Waals surface area contributed by atoms with Gasteiger partial charge in [0.2, 0.25) is 5.91 Å². The van der Waals surface area contributed by atoms with E-state index in [1.54, 1.807) is 18.3 Å². The average molecular weight is 614 g/mol. The van der Waals surface area contributed by atoms with Gasteiger partial charge in [-0.15, -0.1) is 0 Å². The summed E-state index contributed by atoms with van der Waals surface area (Å²) in [6.07, 6.45) is 1.59. The third-order valence-electron chi connectivity index (χ3n) is 7.91. The number of hydrogen-bond acceptors (Lipinski definition) is 5. The van der Waals surface area contributed by atoms with E-state index in [0.717, 1.165) is 50.5 Å². The Balaban J connectivity index is 1.07. The van der Waals surface area contributed by atoms with Gasteiger partial charge in [0, 0.05) is 44.9 Å². The van der Waals surface area contributed by atoms with Gasteiger partial charge in [-0.05, 0) is 94.4 Å². The van der Waals surface area contributed by atoms with Crippen LogP contribution in [0.25, 0.3) is 16.6 Å². The highest BCUT2D eigenvalue weighted by Gasteiger charge is 2.16. The number of anilines is 1. The van der Waals surface area contributed by atoms with Gasteiger partial charge in [-0.2, -0.15) is 5.10 Å². The van der Waals surface area contributed by atoms with E-state index in [1.807, 2.05) is 91.2 Å². The molecule has 0 aliphatic heterocycles. The molecule has 0 radical (unpaired) electrons. The molecule has 0 fully saturated rings. The molecular weight excluding hydrogens is 578 g/mol. The molecule has 232 valence electrons. The molecule has 6 rings (SSSR count). The van der Waals surface area contributed by atoms with Crippen molar-refractivity contribution >= 4 is 34.6 Å². The van der Waals surface area contributed by atoms with Crippen LogP contribution in [-0.4, -0.2) is 27.2 Å². The molecule has 46 heavy (non-hydrogen) atoms. The van der Waals surface area contributed by atoms with Crippen molar-refractivity contribution in [2.24, 2.45) is 5.10 Å². The first-order chi connectivity index (χ1) is 22.3. The van der Waals surface area contributed by atoms with Gasteiger partial charge in [0.05, 0.1) is 6.21 Å². The quantitative estimate of drug-likeness (QED) is 0.126. The topological polar surface area (TPSA) is 103 Å². The number of ether oxygens (including phenoxy) is 1. The van der Waals surface area contributed by atoms with Crippen molar-refractivity contribution in [2.75, 3.05) is 5.32 Å². The van der Waals surface area contributed by atoms with Crippen LogP contribution in [0.4, 0.5) is 5.69 Å². The number of fused-ring (bicyclic) bond motifs is 1. The molecule has 2 amide bonds. The molecule has 3 aromatic heterocycles. The van der Waals surface area contributed by atoms with Gasteiger partial charge in [-0.3, -0.25) is 9.59 Å². The molecule has 0 saturated carbocycles. The van der Waals surface area contributed by atoms with Crippen LogP contribution >= 0.6 is 0 Å². The lowest BCUT2D eigenvalue weighted by atomic mass is 10.1. The maximum Gasteiger partial charge on any atom is 0.307 e. The predicted molar refractivity (Wildman–Crippen MR) is 180 cm³/mol. The van der Waals surface area contributed by atoms with Gasteiger partial charge in [-0.1, -0.05) is 35.9 Å². The maximum atomic E-state index is 12.9. The third kappa shape index (κ3) is 6.49. The van der Waals surface area contributed by atoms with Crippen molar-refractivity contribution < 1.29 is 18.7 Å². The number of benzene rings is 3. The summed E-state index contributed by atoms with van der Waals surface area (Å²) in [5, 5.41) is 8.09. The SMILES string of the molecule is Cc1ccc(NC(=O)Cn2c(C)c(/C=N/NC(=O)c3ccc(COc4ccc(-n5c(C)ccc5C)cc4)o3)c3ccccc32)cc1. The number of rotatable bonds is 10. The van der Waals surface area contributed by atoms with Crippen molar-refractivity contribution in [3.8, 4) is 11.4 Å². The van der Waals surface area contributed by atoms with Crippen LogP contribution in [0.2, 0.25) is 0 Å². The zero-order chi connectivity index (χ0) is 32.2. The molecule has 0 aliphatic carbocycles. The van der Waals surface area contributed by atoms with E-state index in [0.29, 0.717) is 11.5 Å². The minimum Gasteiger partial charge on any atom is -0.486 e. The van der Waals surface area contributed by atoms with Gasteiger partial charge in [0.15, 0.2) is 5.76 Å². The lowest BCUT2D eigenvalue weighted by Gasteiger charge is -2.10. The van der Waals surface area contributed by atoms with E-state index in [-0.39, 0.29) is 24.8 Å². The second kappa shape index (κ2) is 13.0. The Morgan fingerprint density at radius 2 is 1.57 bits per heavy atom. The van der Waals surface area contributed by atoms with Gasteiger partial charge in [0.25, 0.3) is 0 Å². The molecule has 0 unspecified atom stereocenters. The summed E-state index contributed by atoms with van der Waals surface area (Å²) in [6.45, 7) is 8.38. The van der Waals surface area contributed by atoms with Crippen molar-refractivity contribution in [2.45, 2.75) is 40.8 Å². The summed E-state index contributed by atoms with van der Waals surface area (Å²) in [4.78, 5) is 25.7. The van der Waals surface area contributed by atoms with Crippen LogP contribution in [0.15, 0.2) is 107 Å². The molecule has 9 nitrogen and oxygen atoms in total. The molecule has 0 spiro atoms. The smallest absolute Gasteiger partial charge is 0.307 e. The van der Waals surface area contributed by atoms with Crippen LogP contribution in [0, 0.1) is 27.7 Å². The third-order valence-corrected chi connectivity index (χ3v) is 7.91. The van der Waals surface area contributed by atoms with E-state index >= 15 is 0 Å². The molecule has 0 bridgehead atoms. The van der Waals surface area contributed by atoms with E-state index in [9.17, 15) is 9.59 Å². The highest BCUT2D eigenvalue weighted by Crippen LogP contribution is 2.25. The second-order valence-electron chi connectivity index (χ2n) is 11.2. The van der Waals surface area contributed by atoms with Gasteiger partial charge in [-0.25, -0.2) is 5.43 Å². The predicted octanol–water partition coefficient (Wildman–Crippen LogP) is 7.24. The Bertz CT molecular complexity index is 2030. The number of hydrogen-bond donors (Lipinski definition) is 2. The first-order valence-corrected chi connectivity index (χ1v) is 15.0. The van der Waals surface area contributed by atoms with Crippen molar-refractivity contribution in [3.05, 3.63) is 137 Å². The summed E-state index contributed by atoms with van der Waals surface area (Å²) in [7, 11) is 0. The van der Waals surface area contributed by atoms with E-state index in [1.165, 1.54) is 0 Å². The number of amides is 2. The molecule has 3 heterocycles. The highest BCUT2D eigenvalue weighted by atomic mass is 16.5. The van der Waals surface area contributed by atoms with E-state index in [4.69, 9.17) is 9.15 Å². The van der Waals surface area contributed by atoms with Crippen molar-refractivity contribution in [1.29, 1.82) is 0 Å². The van der Waals surface area contributed by atoms with Crippen LogP contribution in [0.5, 0.6) is 5.75 Å². The Morgan fingerprint density at radius 1 is 0.848 bits per heavy atom. The number of nitrogens with one attached hydrogen (secondary N) is 2. The number of carbonyl (C=O) groups is 2. The van der Waals surface area contributed by atoms with Gasteiger partial charge in [0.1, 0.15) is 24.7 Å². The fraction of sp³-hybridized carbons (Fsp3) is 0.162. The van der Waals surface area contributed by atoms with Gasteiger partial charge < -0.3 is 23.6 Å². The lowest BCUT2D eigenvalue weighted by molar-refractivity contribution is -0.116. The summed E-state index contributed by atoms with van der Waals surface area (Å²) in [6, 6.07) is 30.8. The summed E-state index contributed by atoms with van der Waals surface area (Å²) in [5.41, 5.74) is 10.4. The van der Waals surface area contributed by atoms with Gasteiger partial charge >= 0.3 is 5.91 Å². The molecule has 2 N–H and O–H groups in total. The van der Waals surface area contributed by atoms with Crippen LogP contribution in [0.3, 0.4) is 0 Å². The minimum absolute atomic E-state index is 0.122.